The highest BCUT2D eigenvalue weighted by Gasteiger charge is 2.09. The van der Waals surface area contributed by atoms with E-state index in [4.69, 9.17) is 11.6 Å². The first-order chi connectivity index (χ1) is 7.70. The Hall–Kier alpha value is -1.87. The Bertz CT molecular complexity index is 523. The lowest BCUT2D eigenvalue weighted by Crippen LogP contribution is -2.28. The lowest BCUT2D eigenvalue weighted by Gasteiger charge is -2.04. The second-order valence-corrected chi connectivity index (χ2v) is 3.73. The van der Waals surface area contributed by atoms with Gasteiger partial charge in [-0.25, -0.2) is 0 Å². The number of halogens is 1. The summed E-state index contributed by atoms with van der Waals surface area (Å²) < 4.78 is 0.718. The van der Waals surface area contributed by atoms with Crippen LogP contribution in [0.5, 0.6) is 0 Å². The van der Waals surface area contributed by atoms with E-state index in [-0.39, 0.29) is 0 Å². The predicted octanol–water partition coefficient (Wildman–Crippen LogP) is 2.45. The van der Waals surface area contributed by atoms with Gasteiger partial charge in [-0.3, -0.25) is 4.79 Å². The van der Waals surface area contributed by atoms with E-state index in [0.29, 0.717) is 22.6 Å². The molecule has 0 atom stereocenters. The van der Waals surface area contributed by atoms with Crippen LogP contribution in [0.25, 0.3) is 11.3 Å². The predicted molar refractivity (Wildman–Crippen MR) is 61.2 cm³/mol. The molecule has 0 amide bonds. The molecule has 1 aromatic carbocycles. The van der Waals surface area contributed by atoms with Gasteiger partial charge < -0.3 is 5.21 Å². The van der Waals surface area contributed by atoms with Crippen LogP contribution in [0, 0.1) is 5.21 Å². The first kappa shape index (κ1) is 10.6. The molecule has 0 saturated heterocycles. The molecule has 3 nitrogen and oxygen atoms in total. The first-order valence-electron chi connectivity index (χ1n) is 4.65. The molecule has 0 aliphatic rings. The molecule has 0 spiro atoms. The van der Waals surface area contributed by atoms with Gasteiger partial charge in [-0.2, -0.15) is 4.73 Å². The largest absolute Gasteiger partial charge is 0.618 e. The minimum atomic E-state index is 0.432. The molecule has 1 aromatic heterocycles. The Morgan fingerprint density at radius 3 is 2.50 bits per heavy atom. The van der Waals surface area contributed by atoms with Crippen molar-refractivity contribution in [2.24, 2.45) is 0 Å². The molecule has 16 heavy (non-hydrogen) atoms. The summed E-state index contributed by atoms with van der Waals surface area (Å²) in [5.41, 5.74) is 1.63. The number of carbonyl (C=O) groups is 1. The van der Waals surface area contributed by atoms with Gasteiger partial charge in [-0.15, -0.1) is 0 Å². The zero-order valence-electron chi connectivity index (χ0n) is 8.26. The minimum absolute atomic E-state index is 0.432. The maximum atomic E-state index is 11.5. The summed E-state index contributed by atoms with van der Waals surface area (Å²) in [6, 6.07) is 9.89. The first-order valence-corrected chi connectivity index (χ1v) is 5.03. The van der Waals surface area contributed by atoms with Crippen LogP contribution in [0.15, 0.2) is 42.6 Å². The smallest absolute Gasteiger partial charge is 0.224 e. The number of aldehydes is 1. The number of hydrogen-bond donors (Lipinski definition) is 0. The lowest BCUT2D eigenvalue weighted by molar-refractivity contribution is -0.593. The molecule has 0 aliphatic heterocycles. The van der Waals surface area contributed by atoms with Crippen LogP contribution in [0.2, 0.25) is 5.02 Å². The molecule has 0 fully saturated rings. The van der Waals surface area contributed by atoms with Crippen LogP contribution in [0.4, 0.5) is 0 Å². The molecule has 0 saturated carbocycles. The summed E-state index contributed by atoms with van der Waals surface area (Å²) in [6.07, 6.45) is 2.02. The van der Waals surface area contributed by atoms with E-state index in [1.165, 1.54) is 12.3 Å². The van der Waals surface area contributed by atoms with Gasteiger partial charge in [0.15, 0.2) is 12.5 Å². The van der Waals surface area contributed by atoms with Crippen molar-refractivity contribution >= 4 is 17.9 Å². The van der Waals surface area contributed by atoms with Gasteiger partial charge in [-0.05, 0) is 24.3 Å². The molecule has 4 heteroatoms. The Morgan fingerprint density at radius 2 is 1.88 bits per heavy atom. The van der Waals surface area contributed by atoms with Crippen molar-refractivity contribution in [1.29, 1.82) is 0 Å². The molecule has 80 valence electrons. The fraction of sp³-hybridized carbons (Fsp3) is 0. The SMILES string of the molecule is O=Cc1cc[n+]([O-])c(-c2ccc(Cl)cc2)c1. The summed E-state index contributed by atoms with van der Waals surface area (Å²) in [7, 11) is 0. The Balaban J connectivity index is 2.54. The van der Waals surface area contributed by atoms with Gasteiger partial charge in [0, 0.05) is 28.3 Å². The summed E-state index contributed by atoms with van der Waals surface area (Å²) in [6.45, 7) is 0. The molecule has 2 rings (SSSR count). The Labute approximate surface area is 97.5 Å². The fourth-order valence-electron chi connectivity index (χ4n) is 1.41. The van der Waals surface area contributed by atoms with Crippen molar-refractivity contribution < 1.29 is 9.52 Å². The summed E-state index contributed by atoms with van der Waals surface area (Å²) in [4.78, 5) is 10.6. The van der Waals surface area contributed by atoms with E-state index in [0.717, 1.165) is 10.3 Å². The maximum Gasteiger partial charge on any atom is 0.224 e. The van der Waals surface area contributed by atoms with Crippen molar-refractivity contribution in [2.45, 2.75) is 0 Å². The summed E-state index contributed by atoms with van der Waals surface area (Å²) in [5, 5.41) is 12.1. The van der Waals surface area contributed by atoms with Crippen LogP contribution in [0.3, 0.4) is 0 Å². The van der Waals surface area contributed by atoms with E-state index in [1.807, 2.05) is 0 Å². The minimum Gasteiger partial charge on any atom is -0.618 e. The van der Waals surface area contributed by atoms with E-state index < -0.39 is 0 Å². The molecule has 0 bridgehead atoms. The number of rotatable bonds is 2. The van der Waals surface area contributed by atoms with E-state index in [9.17, 15) is 10.0 Å². The van der Waals surface area contributed by atoms with Gasteiger partial charge in [0.25, 0.3) is 0 Å². The average Bonchev–Trinajstić information content (AvgIpc) is 2.31. The highest BCUT2D eigenvalue weighted by atomic mass is 35.5. The second-order valence-electron chi connectivity index (χ2n) is 3.30. The molecule has 0 N–H and O–H groups in total. The van der Waals surface area contributed by atoms with Crippen molar-refractivity contribution in [3.63, 3.8) is 0 Å². The monoisotopic (exact) mass is 233 g/mol. The average molecular weight is 234 g/mol. The number of pyridine rings is 1. The second kappa shape index (κ2) is 4.33. The quantitative estimate of drug-likeness (QED) is 0.454. The summed E-state index contributed by atoms with van der Waals surface area (Å²) in [5.74, 6) is 0. The third-order valence-corrected chi connectivity index (χ3v) is 2.47. The van der Waals surface area contributed by atoms with Gasteiger partial charge in [0.05, 0.1) is 0 Å². The van der Waals surface area contributed by atoms with E-state index >= 15 is 0 Å². The molecule has 1 heterocycles. The highest BCUT2D eigenvalue weighted by molar-refractivity contribution is 6.30. The van der Waals surface area contributed by atoms with Crippen molar-refractivity contribution in [1.82, 2.24) is 0 Å². The van der Waals surface area contributed by atoms with Crippen LogP contribution in [0.1, 0.15) is 10.4 Å². The summed E-state index contributed by atoms with van der Waals surface area (Å²) >= 11 is 5.76. The van der Waals surface area contributed by atoms with Crippen LogP contribution < -0.4 is 4.73 Å². The third-order valence-electron chi connectivity index (χ3n) is 2.22. The van der Waals surface area contributed by atoms with Crippen molar-refractivity contribution in [3.05, 3.63) is 58.4 Å². The fourth-order valence-corrected chi connectivity index (χ4v) is 1.53. The lowest BCUT2D eigenvalue weighted by atomic mass is 10.1. The topological polar surface area (TPSA) is 44.0 Å². The number of nitrogens with zero attached hydrogens (tertiary/aromatic N) is 1. The van der Waals surface area contributed by atoms with Gasteiger partial charge in [0.2, 0.25) is 5.69 Å². The highest BCUT2D eigenvalue weighted by Crippen LogP contribution is 2.18. The molecule has 0 radical (unpaired) electrons. The number of aromatic nitrogens is 1. The zero-order chi connectivity index (χ0) is 11.5. The maximum absolute atomic E-state index is 11.5. The van der Waals surface area contributed by atoms with Crippen molar-refractivity contribution in [2.75, 3.05) is 0 Å². The Kier molecular flexibility index (Phi) is 2.88. The normalized spacial score (nSPS) is 10.1. The molecule has 0 unspecified atom stereocenters. The molecule has 2 aromatic rings. The van der Waals surface area contributed by atoms with Gasteiger partial charge in [0.1, 0.15) is 0 Å². The van der Waals surface area contributed by atoms with Crippen molar-refractivity contribution in [3.8, 4) is 11.3 Å². The van der Waals surface area contributed by atoms with E-state index in [2.05, 4.69) is 0 Å². The number of carbonyl (C=O) groups excluding carboxylic acids is 1. The van der Waals surface area contributed by atoms with Gasteiger partial charge >= 0.3 is 0 Å². The van der Waals surface area contributed by atoms with Crippen LogP contribution in [-0.4, -0.2) is 6.29 Å². The number of hydrogen-bond acceptors (Lipinski definition) is 2. The standard InChI is InChI=1S/C12H8ClNO2/c13-11-3-1-10(2-4-11)12-7-9(8-15)5-6-14(12)16/h1-8H. The van der Waals surface area contributed by atoms with E-state index in [1.54, 1.807) is 30.3 Å². The Morgan fingerprint density at radius 1 is 1.19 bits per heavy atom. The third kappa shape index (κ3) is 2.04. The molecule has 0 aliphatic carbocycles. The van der Waals surface area contributed by atoms with Crippen LogP contribution >= 0.6 is 11.6 Å². The molecular weight excluding hydrogens is 226 g/mol. The zero-order valence-corrected chi connectivity index (χ0v) is 9.02. The van der Waals surface area contributed by atoms with Gasteiger partial charge in [-0.1, -0.05) is 11.6 Å². The van der Waals surface area contributed by atoms with Crippen LogP contribution in [-0.2, 0) is 0 Å². The number of benzene rings is 1. The molecular formula is C12H8ClNO2.